The molecule has 1 saturated carbocycles. The van der Waals surface area contributed by atoms with Crippen molar-refractivity contribution in [2.45, 2.75) is 58.0 Å². The summed E-state index contributed by atoms with van der Waals surface area (Å²) >= 11 is 0. The van der Waals surface area contributed by atoms with Crippen LogP contribution in [0.4, 0.5) is 0 Å². The van der Waals surface area contributed by atoms with E-state index in [0.29, 0.717) is 12.5 Å². The Hall–Kier alpha value is -0.0800. The summed E-state index contributed by atoms with van der Waals surface area (Å²) < 4.78 is 0. The van der Waals surface area contributed by atoms with Gasteiger partial charge in [0.05, 0.1) is 5.60 Å². The van der Waals surface area contributed by atoms with Crippen molar-refractivity contribution in [1.82, 2.24) is 0 Å². The van der Waals surface area contributed by atoms with E-state index in [1.165, 1.54) is 12.8 Å². The van der Waals surface area contributed by atoms with Crippen molar-refractivity contribution in [2.24, 2.45) is 17.6 Å². The largest absolute Gasteiger partial charge is 0.390 e. The molecule has 1 aliphatic carbocycles. The zero-order valence-electron chi connectivity index (χ0n) is 9.63. The monoisotopic (exact) mass is 199 g/mol. The Bertz CT molecular complexity index is 172. The van der Waals surface area contributed by atoms with Crippen LogP contribution in [0.1, 0.15) is 52.4 Å². The molecular weight excluding hydrogens is 174 g/mol. The average Bonchev–Trinajstić information content (AvgIpc) is 2.57. The Balaban J connectivity index is 2.55. The van der Waals surface area contributed by atoms with Crippen LogP contribution in [-0.4, -0.2) is 17.3 Å². The molecule has 1 aliphatic rings. The standard InChI is InChI=1S/C12H25NO/c1-3-5-11(9-13)12(14)7-6-10(4-2)8-12/h10-11,14H,3-9,13H2,1-2H3. The lowest BCUT2D eigenvalue weighted by molar-refractivity contribution is -0.0161. The molecule has 1 rings (SSSR count). The number of hydrogen-bond donors (Lipinski definition) is 2. The fraction of sp³-hybridized carbons (Fsp3) is 1.00. The molecule has 1 fully saturated rings. The first kappa shape index (κ1) is 12.0. The highest BCUT2D eigenvalue weighted by atomic mass is 16.3. The molecule has 3 N–H and O–H groups in total. The van der Waals surface area contributed by atoms with Crippen LogP contribution >= 0.6 is 0 Å². The third-order valence-corrected chi connectivity index (χ3v) is 3.89. The van der Waals surface area contributed by atoms with Crippen molar-refractivity contribution in [2.75, 3.05) is 6.54 Å². The first-order valence-corrected chi connectivity index (χ1v) is 6.08. The SMILES string of the molecule is CCCC(CN)C1(O)CCC(CC)C1. The molecule has 0 radical (unpaired) electrons. The van der Waals surface area contributed by atoms with Gasteiger partial charge in [-0.1, -0.05) is 26.7 Å². The molecule has 0 aliphatic heterocycles. The molecule has 0 aromatic heterocycles. The summed E-state index contributed by atoms with van der Waals surface area (Å²) in [5.41, 5.74) is 5.31. The maximum atomic E-state index is 10.5. The van der Waals surface area contributed by atoms with E-state index >= 15 is 0 Å². The number of rotatable bonds is 5. The van der Waals surface area contributed by atoms with Gasteiger partial charge in [0.2, 0.25) is 0 Å². The summed E-state index contributed by atoms with van der Waals surface area (Å²) in [5.74, 6) is 1.05. The van der Waals surface area contributed by atoms with Crippen LogP contribution in [-0.2, 0) is 0 Å². The van der Waals surface area contributed by atoms with Gasteiger partial charge in [0.25, 0.3) is 0 Å². The Morgan fingerprint density at radius 2 is 2.21 bits per heavy atom. The maximum Gasteiger partial charge on any atom is 0.0690 e. The van der Waals surface area contributed by atoms with Crippen molar-refractivity contribution in [1.29, 1.82) is 0 Å². The first-order valence-electron chi connectivity index (χ1n) is 6.08. The van der Waals surface area contributed by atoms with Crippen molar-refractivity contribution >= 4 is 0 Å². The van der Waals surface area contributed by atoms with Gasteiger partial charge in [-0.05, 0) is 44.1 Å². The van der Waals surface area contributed by atoms with Crippen LogP contribution in [0.2, 0.25) is 0 Å². The minimum absolute atomic E-state index is 0.323. The lowest BCUT2D eigenvalue weighted by Crippen LogP contribution is -2.39. The van der Waals surface area contributed by atoms with Gasteiger partial charge in [0.1, 0.15) is 0 Å². The highest BCUT2D eigenvalue weighted by Gasteiger charge is 2.41. The van der Waals surface area contributed by atoms with Gasteiger partial charge in [-0.25, -0.2) is 0 Å². The molecule has 0 heterocycles. The van der Waals surface area contributed by atoms with E-state index in [0.717, 1.165) is 31.6 Å². The summed E-state index contributed by atoms with van der Waals surface area (Å²) in [6.07, 6.45) is 6.53. The third-order valence-electron chi connectivity index (χ3n) is 3.89. The summed E-state index contributed by atoms with van der Waals surface area (Å²) in [6.45, 7) is 5.02. The molecule has 0 aromatic rings. The van der Waals surface area contributed by atoms with Gasteiger partial charge < -0.3 is 10.8 Å². The Morgan fingerprint density at radius 3 is 2.64 bits per heavy atom. The van der Waals surface area contributed by atoms with Crippen LogP contribution in [0.5, 0.6) is 0 Å². The van der Waals surface area contributed by atoms with Crippen LogP contribution in [0.3, 0.4) is 0 Å². The first-order chi connectivity index (χ1) is 6.66. The van der Waals surface area contributed by atoms with Crippen LogP contribution in [0.15, 0.2) is 0 Å². The molecule has 0 saturated heterocycles. The molecular formula is C12H25NO. The normalized spacial score (nSPS) is 34.7. The summed E-state index contributed by atoms with van der Waals surface area (Å²) in [4.78, 5) is 0. The Kier molecular flexibility index (Phi) is 4.39. The van der Waals surface area contributed by atoms with Crippen LogP contribution in [0, 0.1) is 11.8 Å². The molecule has 0 bridgehead atoms. The van der Waals surface area contributed by atoms with E-state index in [1.54, 1.807) is 0 Å². The van der Waals surface area contributed by atoms with E-state index in [4.69, 9.17) is 5.73 Å². The molecule has 14 heavy (non-hydrogen) atoms. The van der Waals surface area contributed by atoms with Gasteiger partial charge in [-0.3, -0.25) is 0 Å². The molecule has 0 amide bonds. The predicted molar refractivity (Wildman–Crippen MR) is 60.0 cm³/mol. The molecule has 2 heteroatoms. The number of hydrogen-bond acceptors (Lipinski definition) is 2. The minimum Gasteiger partial charge on any atom is -0.390 e. The summed E-state index contributed by atoms with van der Waals surface area (Å²) in [7, 11) is 0. The van der Waals surface area contributed by atoms with E-state index < -0.39 is 5.60 Å². The highest BCUT2D eigenvalue weighted by Crippen LogP contribution is 2.42. The fourth-order valence-electron chi connectivity index (χ4n) is 2.83. The van der Waals surface area contributed by atoms with Gasteiger partial charge in [-0.2, -0.15) is 0 Å². The van der Waals surface area contributed by atoms with Crippen molar-refractivity contribution in [3.05, 3.63) is 0 Å². The topological polar surface area (TPSA) is 46.2 Å². The zero-order chi connectivity index (χ0) is 10.6. The second kappa shape index (κ2) is 5.13. The van der Waals surface area contributed by atoms with Crippen LogP contribution in [0.25, 0.3) is 0 Å². The van der Waals surface area contributed by atoms with Crippen molar-refractivity contribution < 1.29 is 5.11 Å². The average molecular weight is 199 g/mol. The molecule has 3 unspecified atom stereocenters. The second-order valence-electron chi connectivity index (χ2n) is 4.84. The minimum atomic E-state index is -0.439. The number of nitrogens with two attached hydrogens (primary N) is 1. The molecule has 2 nitrogen and oxygen atoms in total. The molecule has 0 spiro atoms. The van der Waals surface area contributed by atoms with Gasteiger partial charge in [0.15, 0.2) is 0 Å². The summed E-state index contributed by atoms with van der Waals surface area (Å²) in [5, 5.41) is 10.5. The van der Waals surface area contributed by atoms with E-state index in [1.807, 2.05) is 0 Å². The lowest BCUT2D eigenvalue weighted by Gasteiger charge is -2.32. The maximum absolute atomic E-state index is 10.5. The van der Waals surface area contributed by atoms with E-state index in [2.05, 4.69) is 13.8 Å². The molecule has 84 valence electrons. The Morgan fingerprint density at radius 1 is 1.50 bits per heavy atom. The van der Waals surface area contributed by atoms with Crippen molar-refractivity contribution in [3.8, 4) is 0 Å². The predicted octanol–water partition coefficient (Wildman–Crippen LogP) is 2.30. The van der Waals surface area contributed by atoms with Crippen molar-refractivity contribution in [3.63, 3.8) is 0 Å². The zero-order valence-corrected chi connectivity index (χ0v) is 9.63. The fourth-order valence-corrected chi connectivity index (χ4v) is 2.83. The number of aliphatic hydroxyl groups is 1. The third kappa shape index (κ3) is 2.48. The van der Waals surface area contributed by atoms with Gasteiger partial charge >= 0.3 is 0 Å². The molecule has 0 aromatic carbocycles. The smallest absolute Gasteiger partial charge is 0.0690 e. The quantitative estimate of drug-likeness (QED) is 0.713. The van der Waals surface area contributed by atoms with Gasteiger partial charge in [-0.15, -0.1) is 0 Å². The Labute approximate surface area is 87.9 Å². The van der Waals surface area contributed by atoms with Gasteiger partial charge in [0, 0.05) is 0 Å². The van der Waals surface area contributed by atoms with Crippen LogP contribution < -0.4 is 5.73 Å². The van der Waals surface area contributed by atoms with E-state index in [9.17, 15) is 5.11 Å². The molecule has 3 atom stereocenters. The second-order valence-corrected chi connectivity index (χ2v) is 4.84. The highest BCUT2D eigenvalue weighted by molar-refractivity contribution is 4.94. The van der Waals surface area contributed by atoms with E-state index in [-0.39, 0.29) is 0 Å². The summed E-state index contributed by atoms with van der Waals surface area (Å²) in [6, 6.07) is 0. The lowest BCUT2D eigenvalue weighted by atomic mass is 9.82.